The third-order valence-electron chi connectivity index (χ3n) is 3.61. The number of aromatic amines is 1. The molecule has 24 heavy (non-hydrogen) atoms. The van der Waals surface area contributed by atoms with Crippen LogP contribution in [0.4, 0.5) is 5.69 Å². The minimum absolute atomic E-state index is 0.109. The van der Waals surface area contributed by atoms with Crippen molar-refractivity contribution in [3.8, 4) is 11.5 Å². The molecule has 0 aliphatic carbocycles. The number of aromatic nitrogens is 1. The number of carbonyl (C=O) groups is 1. The number of hydrogen-bond donors (Lipinski definition) is 1. The molecule has 0 radical (unpaired) electrons. The predicted molar refractivity (Wildman–Crippen MR) is 87.8 cm³/mol. The lowest BCUT2D eigenvalue weighted by atomic mass is 10.1. The van der Waals surface area contributed by atoms with Crippen molar-refractivity contribution in [2.24, 2.45) is 0 Å². The van der Waals surface area contributed by atoms with Gasteiger partial charge in [0.1, 0.15) is 0 Å². The molecule has 3 aromatic rings. The van der Waals surface area contributed by atoms with Crippen LogP contribution in [0.15, 0.2) is 48.7 Å². The summed E-state index contributed by atoms with van der Waals surface area (Å²) >= 11 is 0. The SMILES string of the molecule is COc1cc([N+](=O)[O-])ccc1OCC(=O)c1c[nH]c2ccccc12. The van der Waals surface area contributed by atoms with Crippen LogP contribution in [0, 0.1) is 10.1 Å². The zero-order valence-electron chi connectivity index (χ0n) is 12.8. The van der Waals surface area contributed by atoms with Crippen LogP contribution in [0.5, 0.6) is 11.5 Å². The van der Waals surface area contributed by atoms with E-state index < -0.39 is 4.92 Å². The number of methoxy groups -OCH3 is 1. The summed E-state index contributed by atoms with van der Waals surface area (Å²) in [4.78, 5) is 25.7. The first kappa shape index (κ1) is 15.5. The Labute approximate surface area is 137 Å². The molecule has 2 aromatic carbocycles. The van der Waals surface area contributed by atoms with Crippen LogP contribution in [0.2, 0.25) is 0 Å². The molecule has 0 saturated heterocycles. The molecule has 0 spiro atoms. The molecule has 1 N–H and O–H groups in total. The fourth-order valence-electron chi connectivity index (χ4n) is 2.41. The summed E-state index contributed by atoms with van der Waals surface area (Å²) in [6.45, 7) is -0.198. The summed E-state index contributed by atoms with van der Waals surface area (Å²) in [7, 11) is 1.38. The van der Waals surface area contributed by atoms with Crippen LogP contribution >= 0.6 is 0 Å². The second-order valence-electron chi connectivity index (χ2n) is 5.05. The van der Waals surface area contributed by atoms with E-state index in [9.17, 15) is 14.9 Å². The monoisotopic (exact) mass is 326 g/mol. The summed E-state index contributed by atoms with van der Waals surface area (Å²) in [5.74, 6) is 0.278. The number of para-hydroxylation sites is 1. The van der Waals surface area contributed by atoms with Crippen molar-refractivity contribution in [3.05, 3.63) is 64.3 Å². The van der Waals surface area contributed by atoms with E-state index in [2.05, 4.69) is 4.98 Å². The van der Waals surface area contributed by atoms with Gasteiger partial charge < -0.3 is 14.5 Å². The van der Waals surface area contributed by atoms with Gasteiger partial charge in [-0.15, -0.1) is 0 Å². The van der Waals surface area contributed by atoms with E-state index in [0.717, 1.165) is 10.9 Å². The van der Waals surface area contributed by atoms with E-state index in [1.165, 1.54) is 25.3 Å². The molecule has 0 atom stereocenters. The normalized spacial score (nSPS) is 10.5. The number of nitro benzene ring substituents is 1. The molecular weight excluding hydrogens is 312 g/mol. The summed E-state index contributed by atoms with van der Waals surface area (Å²) in [5, 5.41) is 11.6. The Morgan fingerprint density at radius 3 is 2.75 bits per heavy atom. The van der Waals surface area contributed by atoms with Gasteiger partial charge in [0, 0.05) is 28.7 Å². The fourth-order valence-corrected chi connectivity index (χ4v) is 2.41. The Bertz CT molecular complexity index is 916. The van der Waals surface area contributed by atoms with Gasteiger partial charge in [0.2, 0.25) is 5.78 Å². The van der Waals surface area contributed by atoms with E-state index in [-0.39, 0.29) is 29.6 Å². The van der Waals surface area contributed by atoms with Gasteiger partial charge in [-0.3, -0.25) is 14.9 Å². The first-order chi connectivity index (χ1) is 11.6. The molecular formula is C17H14N2O5. The summed E-state index contributed by atoms with van der Waals surface area (Å²) < 4.78 is 10.6. The van der Waals surface area contributed by atoms with Crippen molar-refractivity contribution in [2.75, 3.05) is 13.7 Å². The Kier molecular flexibility index (Phi) is 4.15. The Morgan fingerprint density at radius 1 is 1.21 bits per heavy atom. The molecule has 1 aromatic heterocycles. The summed E-state index contributed by atoms with van der Waals surface area (Å²) in [6, 6.07) is 11.4. The van der Waals surface area contributed by atoms with E-state index in [1.807, 2.05) is 24.3 Å². The third kappa shape index (κ3) is 2.91. The number of nitrogens with one attached hydrogen (secondary N) is 1. The Hall–Kier alpha value is -3.35. The number of ketones is 1. The predicted octanol–water partition coefficient (Wildman–Crippen LogP) is 3.35. The van der Waals surface area contributed by atoms with Gasteiger partial charge in [0.25, 0.3) is 5.69 Å². The molecule has 3 rings (SSSR count). The van der Waals surface area contributed by atoms with Crippen LogP contribution in [0.1, 0.15) is 10.4 Å². The maximum Gasteiger partial charge on any atom is 0.273 e. The summed E-state index contributed by atoms with van der Waals surface area (Å²) in [5.41, 5.74) is 1.29. The van der Waals surface area contributed by atoms with Gasteiger partial charge in [-0.25, -0.2) is 0 Å². The van der Waals surface area contributed by atoms with Crippen LogP contribution in [0.25, 0.3) is 10.9 Å². The maximum atomic E-state index is 12.4. The average molecular weight is 326 g/mol. The number of carbonyl (C=O) groups excluding carboxylic acids is 1. The van der Waals surface area contributed by atoms with Crippen molar-refractivity contribution in [1.82, 2.24) is 4.98 Å². The van der Waals surface area contributed by atoms with Crippen molar-refractivity contribution >= 4 is 22.4 Å². The number of H-pyrrole nitrogens is 1. The second kappa shape index (κ2) is 6.41. The number of nitrogens with zero attached hydrogens (tertiary/aromatic N) is 1. The fraction of sp³-hybridized carbons (Fsp3) is 0.118. The van der Waals surface area contributed by atoms with Crippen molar-refractivity contribution < 1.29 is 19.2 Å². The van der Waals surface area contributed by atoms with Gasteiger partial charge in [0.15, 0.2) is 18.1 Å². The number of hydrogen-bond acceptors (Lipinski definition) is 5. The zero-order valence-corrected chi connectivity index (χ0v) is 12.8. The van der Waals surface area contributed by atoms with E-state index in [4.69, 9.17) is 9.47 Å². The average Bonchev–Trinajstić information content (AvgIpc) is 3.03. The van der Waals surface area contributed by atoms with E-state index >= 15 is 0 Å². The highest BCUT2D eigenvalue weighted by Crippen LogP contribution is 2.31. The van der Waals surface area contributed by atoms with E-state index in [1.54, 1.807) is 6.20 Å². The molecule has 0 unspecified atom stereocenters. The Balaban J connectivity index is 1.78. The number of ether oxygens (including phenoxy) is 2. The quantitative estimate of drug-likeness (QED) is 0.426. The molecule has 7 nitrogen and oxygen atoms in total. The van der Waals surface area contributed by atoms with Crippen LogP contribution in [-0.2, 0) is 0 Å². The van der Waals surface area contributed by atoms with Crippen LogP contribution in [0.3, 0.4) is 0 Å². The molecule has 122 valence electrons. The van der Waals surface area contributed by atoms with Crippen LogP contribution < -0.4 is 9.47 Å². The van der Waals surface area contributed by atoms with Gasteiger partial charge in [-0.05, 0) is 12.1 Å². The molecule has 0 bridgehead atoms. The highest BCUT2D eigenvalue weighted by atomic mass is 16.6. The molecule has 0 aliphatic rings. The number of nitro groups is 1. The van der Waals surface area contributed by atoms with Gasteiger partial charge in [-0.1, -0.05) is 18.2 Å². The van der Waals surface area contributed by atoms with Gasteiger partial charge in [0.05, 0.1) is 18.1 Å². The number of Topliss-reactive ketones (excluding diaryl/α,β-unsaturated/α-hetero) is 1. The first-order valence-corrected chi connectivity index (χ1v) is 7.14. The molecule has 0 fully saturated rings. The second-order valence-corrected chi connectivity index (χ2v) is 5.05. The number of rotatable bonds is 6. The number of fused-ring (bicyclic) bond motifs is 1. The zero-order chi connectivity index (χ0) is 17.1. The lowest BCUT2D eigenvalue weighted by Gasteiger charge is -2.09. The number of benzene rings is 2. The standard InChI is InChI=1S/C17H14N2O5/c1-23-17-8-11(19(21)22)6-7-16(17)24-10-15(20)13-9-18-14-5-3-2-4-12(13)14/h2-9,18H,10H2,1H3. The van der Waals surface area contributed by atoms with Gasteiger partial charge >= 0.3 is 0 Å². The van der Waals surface area contributed by atoms with Crippen LogP contribution in [-0.4, -0.2) is 29.4 Å². The highest BCUT2D eigenvalue weighted by molar-refractivity contribution is 6.08. The minimum Gasteiger partial charge on any atom is -0.493 e. The van der Waals surface area contributed by atoms with Gasteiger partial charge in [-0.2, -0.15) is 0 Å². The molecule has 7 heteroatoms. The smallest absolute Gasteiger partial charge is 0.273 e. The lowest BCUT2D eigenvalue weighted by molar-refractivity contribution is -0.384. The highest BCUT2D eigenvalue weighted by Gasteiger charge is 2.16. The maximum absolute atomic E-state index is 12.4. The molecule has 1 heterocycles. The lowest BCUT2D eigenvalue weighted by Crippen LogP contribution is -2.11. The summed E-state index contributed by atoms with van der Waals surface area (Å²) in [6.07, 6.45) is 1.64. The molecule has 0 saturated carbocycles. The molecule has 0 amide bonds. The Morgan fingerprint density at radius 2 is 2.00 bits per heavy atom. The minimum atomic E-state index is -0.524. The number of non-ortho nitro benzene ring substituents is 1. The van der Waals surface area contributed by atoms with Crippen molar-refractivity contribution in [2.45, 2.75) is 0 Å². The topological polar surface area (TPSA) is 94.5 Å². The first-order valence-electron chi connectivity index (χ1n) is 7.14. The third-order valence-corrected chi connectivity index (χ3v) is 3.61. The molecule has 0 aliphatic heterocycles. The van der Waals surface area contributed by atoms with Crippen molar-refractivity contribution in [3.63, 3.8) is 0 Å². The largest absolute Gasteiger partial charge is 0.493 e. The van der Waals surface area contributed by atoms with E-state index in [0.29, 0.717) is 5.56 Å². The van der Waals surface area contributed by atoms with Crippen molar-refractivity contribution in [1.29, 1.82) is 0 Å².